The van der Waals surface area contributed by atoms with Crippen LogP contribution in [0.1, 0.15) is 26.3 Å². The van der Waals surface area contributed by atoms with E-state index in [2.05, 4.69) is 0 Å². The fourth-order valence-electron chi connectivity index (χ4n) is 2.75. The van der Waals surface area contributed by atoms with Gasteiger partial charge in [-0.1, -0.05) is 44.2 Å². The van der Waals surface area contributed by atoms with Gasteiger partial charge in [0.2, 0.25) is 0 Å². The van der Waals surface area contributed by atoms with E-state index in [1.807, 2.05) is 56.3 Å². The Hall–Kier alpha value is -2.07. The lowest BCUT2D eigenvalue weighted by molar-refractivity contribution is 0.0465. The molecule has 1 aliphatic rings. The lowest BCUT2D eigenvalue weighted by atomic mass is 9.97. The summed E-state index contributed by atoms with van der Waals surface area (Å²) >= 11 is 0. The highest BCUT2D eigenvalue weighted by atomic mass is 31.2. The molecule has 5 nitrogen and oxygen atoms in total. The molecule has 1 heterocycles. The summed E-state index contributed by atoms with van der Waals surface area (Å²) < 4.78 is 36.2. The summed E-state index contributed by atoms with van der Waals surface area (Å²) in [5, 5.41) is 0.453. The van der Waals surface area contributed by atoms with E-state index in [1.165, 1.54) is 0 Å². The van der Waals surface area contributed by atoms with E-state index < -0.39 is 7.60 Å². The van der Waals surface area contributed by atoms with E-state index in [0.29, 0.717) is 30.0 Å². The molecule has 0 radical (unpaired) electrons. The van der Waals surface area contributed by atoms with Crippen molar-refractivity contribution < 1.29 is 23.1 Å². The van der Waals surface area contributed by atoms with Crippen LogP contribution in [-0.2, 0) is 13.6 Å². The Morgan fingerprint density at radius 1 is 0.963 bits per heavy atom. The highest BCUT2D eigenvalue weighted by molar-refractivity contribution is 7.65. The molecule has 0 bridgehead atoms. The molecular weight excluding hydrogens is 363 g/mol. The van der Waals surface area contributed by atoms with Crippen LogP contribution < -0.4 is 9.47 Å². The third-order valence-electron chi connectivity index (χ3n) is 4.24. The number of methoxy groups -OCH3 is 1. The predicted octanol–water partition coefficient (Wildman–Crippen LogP) is 5.73. The standard InChI is InChI=1S/C21H25O5P/c1-16(26-19-12-10-18(23-4)11-13-19)20(17-8-6-5-7-9-17)27(22)24-14-21(2,3)15-25-27/h5-13H,14-15H2,1-4H3/b20-16-. The number of hydrogen-bond acceptors (Lipinski definition) is 5. The number of ether oxygens (including phenoxy) is 2. The van der Waals surface area contributed by atoms with Crippen LogP contribution in [0.5, 0.6) is 11.5 Å². The summed E-state index contributed by atoms with van der Waals surface area (Å²) in [6, 6.07) is 16.6. The molecule has 3 rings (SSSR count). The molecule has 144 valence electrons. The van der Waals surface area contributed by atoms with Crippen molar-refractivity contribution in [1.29, 1.82) is 0 Å². The quantitative estimate of drug-likeness (QED) is 0.484. The van der Waals surface area contributed by atoms with Gasteiger partial charge in [-0.15, -0.1) is 0 Å². The topological polar surface area (TPSA) is 54.0 Å². The van der Waals surface area contributed by atoms with Gasteiger partial charge in [-0.3, -0.25) is 4.57 Å². The lowest BCUT2D eigenvalue weighted by Crippen LogP contribution is -2.29. The highest BCUT2D eigenvalue weighted by Crippen LogP contribution is 2.64. The van der Waals surface area contributed by atoms with E-state index in [4.69, 9.17) is 18.5 Å². The van der Waals surface area contributed by atoms with E-state index in [0.717, 1.165) is 11.3 Å². The molecule has 0 aliphatic carbocycles. The summed E-state index contributed by atoms with van der Waals surface area (Å²) in [5.74, 6) is 1.83. The number of allylic oxidation sites excluding steroid dienone is 1. The van der Waals surface area contributed by atoms with Crippen LogP contribution >= 0.6 is 7.60 Å². The molecule has 2 aromatic rings. The molecule has 0 spiro atoms. The SMILES string of the molecule is COc1ccc(O/C(C)=C(/c2ccccc2)P2(=O)OCC(C)(C)CO2)cc1. The molecule has 2 aromatic carbocycles. The predicted molar refractivity (Wildman–Crippen MR) is 106 cm³/mol. The normalized spacial score (nSPS) is 19.1. The van der Waals surface area contributed by atoms with E-state index in [-0.39, 0.29) is 5.41 Å². The Kier molecular flexibility index (Phi) is 5.75. The minimum atomic E-state index is -3.50. The minimum Gasteiger partial charge on any atom is -0.497 e. The Balaban J connectivity index is 1.98. The molecule has 0 atom stereocenters. The molecule has 0 aromatic heterocycles. The lowest BCUT2D eigenvalue weighted by Gasteiger charge is -2.35. The van der Waals surface area contributed by atoms with Gasteiger partial charge in [-0.2, -0.15) is 0 Å². The third kappa shape index (κ3) is 4.62. The maximum absolute atomic E-state index is 13.6. The molecule has 0 unspecified atom stereocenters. The van der Waals surface area contributed by atoms with Gasteiger partial charge in [0.05, 0.1) is 20.3 Å². The molecule has 1 aliphatic heterocycles. The van der Waals surface area contributed by atoms with Gasteiger partial charge >= 0.3 is 7.60 Å². The summed E-state index contributed by atoms with van der Waals surface area (Å²) in [4.78, 5) is 0. The van der Waals surface area contributed by atoms with Crippen LogP contribution in [0.15, 0.2) is 60.4 Å². The summed E-state index contributed by atoms with van der Waals surface area (Å²) in [6.07, 6.45) is 0. The van der Waals surface area contributed by atoms with Crippen molar-refractivity contribution in [3.63, 3.8) is 0 Å². The Labute approximate surface area is 160 Å². The van der Waals surface area contributed by atoms with Gasteiger partial charge in [0.15, 0.2) is 0 Å². The molecule has 0 saturated carbocycles. The van der Waals surface area contributed by atoms with E-state index >= 15 is 0 Å². The fraction of sp³-hybridized carbons (Fsp3) is 0.333. The zero-order valence-corrected chi connectivity index (χ0v) is 17.0. The molecule has 0 amide bonds. The molecule has 1 fully saturated rings. The van der Waals surface area contributed by atoms with Gasteiger partial charge in [-0.05, 0) is 36.8 Å². The second kappa shape index (κ2) is 7.89. The van der Waals surface area contributed by atoms with E-state index in [9.17, 15) is 4.57 Å². The first-order valence-electron chi connectivity index (χ1n) is 8.81. The van der Waals surface area contributed by atoms with Crippen LogP contribution in [-0.4, -0.2) is 20.3 Å². The van der Waals surface area contributed by atoms with Gasteiger partial charge < -0.3 is 18.5 Å². The first-order valence-corrected chi connectivity index (χ1v) is 10.4. The smallest absolute Gasteiger partial charge is 0.365 e. The van der Waals surface area contributed by atoms with Crippen molar-refractivity contribution in [3.05, 3.63) is 65.9 Å². The van der Waals surface area contributed by atoms with Gasteiger partial charge in [-0.25, -0.2) is 0 Å². The number of benzene rings is 2. The van der Waals surface area contributed by atoms with Crippen molar-refractivity contribution in [2.45, 2.75) is 20.8 Å². The summed E-state index contributed by atoms with van der Waals surface area (Å²) in [7, 11) is -1.89. The maximum Gasteiger partial charge on any atom is 0.365 e. The van der Waals surface area contributed by atoms with Crippen molar-refractivity contribution in [2.24, 2.45) is 5.41 Å². The molecule has 0 N–H and O–H groups in total. The van der Waals surface area contributed by atoms with Crippen LogP contribution in [0.3, 0.4) is 0 Å². The van der Waals surface area contributed by atoms with Crippen molar-refractivity contribution in [1.82, 2.24) is 0 Å². The van der Waals surface area contributed by atoms with Gasteiger partial charge in [0.25, 0.3) is 0 Å². The van der Waals surface area contributed by atoms with Gasteiger partial charge in [0.1, 0.15) is 22.6 Å². The Morgan fingerprint density at radius 3 is 2.07 bits per heavy atom. The molecule has 6 heteroatoms. The second-order valence-electron chi connectivity index (χ2n) is 7.26. The average molecular weight is 388 g/mol. The van der Waals surface area contributed by atoms with Crippen LogP contribution in [0.4, 0.5) is 0 Å². The average Bonchev–Trinajstić information content (AvgIpc) is 2.66. The van der Waals surface area contributed by atoms with Crippen LogP contribution in [0.25, 0.3) is 5.31 Å². The van der Waals surface area contributed by atoms with Crippen molar-refractivity contribution in [2.75, 3.05) is 20.3 Å². The molecular formula is C21H25O5P. The van der Waals surface area contributed by atoms with Crippen molar-refractivity contribution >= 4 is 12.9 Å². The second-order valence-corrected chi connectivity index (χ2v) is 9.22. The largest absolute Gasteiger partial charge is 0.497 e. The highest BCUT2D eigenvalue weighted by Gasteiger charge is 2.41. The third-order valence-corrected chi connectivity index (χ3v) is 6.29. The van der Waals surface area contributed by atoms with Gasteiger partial charge in [0, 0.05) is 5.41 Å². The molecule has 1 saturated heterocycles. The molecule has 27 heavy (non-hydrogen) atoms. The van der Waals surface area contributed by atoms with Crippen molar-refractivity contribution in [3.8, 4) is 11.5 Å². The van der Waals surface area contributed by atoms with E-state index in [1.54, 1.807) is 26.2 Å². The number of rotatable bonds is 5. The maximum atomic E-state index is 13.6. The first-order chi connectivity index (χ1) is 12.8. The summed E-state index contributed by atoms with van der Waals surface area (Å²) in [6.45, 7) is 6.53. The monoisotopic (exact) mass is 388 g/mol. The number of hydrogen-bond donors (Lipinski definition) is 0. The van der Waals surface area contributed by atoms with Crippen LogP contribution in [0.2, 0.25) is 0 Å². The fourth-order valence-corrected chi connectivity index (χ4v) is 5.01. The first kappa shape index (κ1) is 19.7. The minimum absolute atomic E-state index is 0.180. The zero-order valence-electron chi connectivity index (χ0n) is 16.1. The summed E-state index contributed by atoms with van der Waals surface area (Å²) in [5.41, 5.74) is 0.576. The zero-order chi connectivity index (χ0) is 19.5. The van der Waals surface area contributed by atoms with Crippen LogP contribution in [0, 0.1) is 5.41 Å². The Morgan fingerprint density at radius 2 is 1.52 bits per heavy atom. The Bertz CT molecular complexity index is 842.